The van der Waals surface area contributed by atoms with Gasteiger partial charge < -0.3 is 9.47 Å². The van der Waals surface area contributed by atoms with Gasteiger partial charge in [-0.15, -0.1) is 0 Å². The predicted molar refractivity (Wildman–Crippen MR) is 87.9 cm³/mol. The van der Waals surface area contributed by atoms with Crippen LogP contribution in [0, 0.1) is 12.7 Å². The molecule has 6 nitrogen and oxygen atoms in total. The van der Waals surface area contributed by atoms with Crippen molar-refractivity contribution in [3.05, 3.63) is 76.1 Å². The van der Waals surface area contributed by atoms with Crippen LogP contribution in [0.15, 0.2) is 53.3 Å². The van der Waals surface area contributed by atoms with Gasteiger partial charge in [0.15, 0.2) is 6.61 Å². The van der Waals surface area contributed by atoms with Gasteiger partial charge in [-0.05, 0) is 43.3 Å². The van der Waals surface area contributed by atoms with Crippen LogP contribution in [0.4, 0.5) is 4.39 Å². The van der Waals surface area contributed by atoms with Crippen LogP contribution in [0.2, 0.25) is 0 Å². The molecule has 0 atom stereocenters. The number of hydrogen-bond acceptors (Lipinski definition) is 5. The Labute approximate surface area is 142 Å². The molecule has 2 heterocycles. The molecule has 25 heavy (non-hydrogen) atoms. The molecule has 7 heteroatoms. The van der Waals surface area contributed by atoms with Crippen molar-refractivity contribution in [2.45, 2.75) is 13.5 Å². The van der Waals surface area contributed by atoms with Gasteiger partial charge in [-0.1, -0.05) is 6.07 Å². The fourth-order valence-electron chi connectivity index (χ4n) is 2.31. The number of hydrogen-bond donors (Lipinski definition) is 0. The smallest absolute Gasteiger partial charge is 0.344 e. The van der Waals surface area contributed by atoms with E-state index in [1.54, 1.807) is 12.1 Å². The zero-order chi connectivity index (χ0) is 17.8. The van der Waals surface area contributed by atoms with E-state index in [0.717, 1.165) is 5.69 Å². The summed E-state index contributed by atoms with van der Waals surface area (Å²) in [5.74, 6) is -0.648. The Morgan fingerprint density at radius 1 is 1.20 bits per heavy atom. The Morgan fingerprint density at radius 2 is 1.96 bits per heavy atom. The molecule has 0 radical (unpaired) electrons. The van der Waals surface area contributed by atoms with E-state index in [4.69, 9.17) is 9.47 Å². The van der Waals surface area contributed by atoms with Gasteiger partial charge in [0, 0.05) is 11.8 Å². The number of aryl methyl sites for hydroxylation is 1. The molecule has 3 aromatic rings. The van der Waals surface area contributed by atoms with Gasteiger partial charge in [0.25, 0.3) is 5.56 Å². The molecule has 0 unspecified atom stereocenters. The number of pyridine rings is 1. The lowest BCUT2D eigenvalue weighted by Crippen LogP contribution is -2.19. The van der Waals surface area contributed by atoms with E-state index in [-0.39, 0.29) is 24.6 Å². The monoisotopic (exact) mass is 342 g/mol. The molecule has 0 saturated carbocycles. The number of benzene rings is 1. The first-order chi connectivity index (χ1) is 12.0. The number of halogens is 1. The first-order valence-electron chi connectivity index (χ1n) is 7.55. The highest BCUT2D eigenvalue weighted by atomic mass is 19.1. The summed E-state index contributed by atoms with van der Waals surface area (Å²) in [6.45, 7) is 1.35. The highest BCUT2D eigenvalue weighted by Gasteiger charge is 2.08. The lowest BCUT2D eigenvalue weighted by Gasteiger charge is -2.08. The third kappa shape index (κ3) is 4.00. The van der Waals surface area contributed by atoms with Crippen LogP contribution < -0.4 is 10.3 Å². The Bertz CT molecular complexity index is 967. The molecule has 0 aliphatic heterocycles. The average Bonchev–Trinajstić information content (AvgIpc) is 2.59. The fourth-order valence-corrected chi connectivity index (χ4v) is 2.31. The summed E-state index contributed by atoms with van der Waals surface area (Å²) in [6, 6.07) is 11.9. The standard InChI is InChI=1S/C18H15FN2O4/c1-12-3-2-4-16-20-14(9-17(22)21(12)16)10-25-18(23)11-24-15-7-5-13(19)6-8-15/h2-9H,10-11H2,1H3. The predicted octanol–water partition coefficient (Wildman–Crippen LogP) is 2.26. The number of rotatable bonds is 5. The summed E-state index contributed by atoms with van der Waals surface area (Å²) in [5.41, 5.74) is 1.37. The van der Waals surface area contributed by atoms with Crippen LogP contribution in [0.1, 0.15) is 11.4 Å². The van der Waals surface area contributed by atoms with Gasteiger partial charge in [0.05, 0.1) is 5.69 Å². The van der Waals surface area contributed by atoms with Crippen molar-refractivity contribution in [1.29, 1.82) is 0 Å². The summed E-state index contributed by atoms with van der Waals surface area (Å²) in [7, 11) is 0. The Morgan fingerprint density at radius 3 is 2.72 bits per heavy atom. The van der Waals surface area contributed by atoms with Gasteiger partial charge in [0.2, 0.25) is 0 Å². The highest BCUT2D eigenvalue weighted by molar-refractivity contribution is 5.71. The van der Waals surface area contributed by atoms with Gasteiger partial charge in [0.1, 0.15) is 23.8 Å². The van der Waals surface area contributed by atoms with Gasteiger partial charge in [-0.2, -0.15) is 0 Å². The highest BCUT2D eigenvalue weighted by Crippen LogP contribution is 2.11. The molecule has 0 aliphatic rings. The molecule has 0 fully saturated rings. The second kappa shape index (κ2) is 7.12. The molecule has 0 N–H and O–H groups in total. The second-order valence-electron chi connectivity index (χ2n) is 5.35. The molecule has 2 aromatic heterocycles. The van der Waals surface area contributed by atoms with E-state index in [2.05, 4.69) is 4.98 Å². The molecule has 128 valence electrons. The van der Waals surface area contributed by atoms with Gasteiger partial charge >= 0.3 is 5.97 Å². The number of fused-ring (bicyclic) bond motifs is 1. The molecule has 0 spiro atoms. The van der Waals surface area contributed by atoms with Crippen molar-refractivity contribution in [1.82, 2.24) is 9.38 Å². The molecule has 0 saturated heterocycles. The molecule has 0 amide bonds. The largest absolute Gasteiger partial charge is 0.482 e. The van der Waals surface area contributed by atoms with E-state index in [0.29, 0.717) is 17.1 Å². The zero-order valence-electron chi connectivity index (χ0n) is 13.4. The second-order valence-corrected chi connectivity index (χ2v) is 5.35. The number of ether oxygens (including phenoxy) is 2. The van der Waals surface area contributed by atoms with Crippen molar-refractivity contribution in [2.24, 2.45) is 0 Å². The number of esters is 1. The lowest BCUT2D eigenvalue weighted by molar-refractivity contribution is -0.147. The number of carbonyl (C=O) groups excluding carboxylic acids is 1. The maximum Gasteiger partial charge on any atom is 0.344 e. The molecule has 0 aliphatic carbocycles. The normalized spacial score (nSPS) is 10.6. The molecule has 0 bridgehead atoms. The van der Waals surface area contributed by atoms with E-state index < -0.39 is 5.97 Å². The average molecular weight is 342 g/mol. The van der Waals surface area contributed by atoms with Crippen molar-refractivity contribution >= 4 is 11.6 Å². The number of carbonyl (C=O) groups is 1. The van der Waals surface area contributed by atoms with Crippen LogP contribution >= 0.6 is 0 Å². The first-order valence-corrected chi connectivity index (χ1v) is 7.55. The van der Waals surface area contributed by atoms with E-state index >= 15 is 0 Å². The van der Waals surface area contributed by atoms with Gasteiger partial charge in [-0.25, -0.2) is 14.2 Å². The molecular weight excluding hydrogens is 327 g/mol. The summed E-state index contributed by atoms with van der Waals surface area (Å²) in [5, 5.41) is 0. The van der Waals surface area contributed by atoms with E-state index in [1.165, 1.54) is 34.7 Å². The minimum Gasteiger partial charge on any atom is -0.482 e. The Hall–Kier alpha value is -3.22. The van der Waals surface area contributed by atoms with Crippen LogP contribution in [0.3, 0.4) is 0 Å². The molecular formula is C18H15FN2O4. The quantitative estimate of drug-likeness (QED) is 0.665. The minimum atomic E-state index is -0.615. The van der Waals surface area contributed by atoms with Crippen molar-refractivity contribution in [3.63, 3.8) is 0 Å². The van der Waals surface area contributed by atoms with Crippen molar-refractivity contribution < 1.29 is 18.7 Å². The van der Waals surface area contributed by atoms with Crippen LogP contribution in [-0.4, -0.2) is 22.0 Å². The Balaban J connectivity index is 1.61. The molecule has 3 rings (SSSR count). The summed E-state index contributed by atoms with van der Waals surface area (Å²) in [6.07, 6.45) is 0. The third-order valence-corrected chi connectivity index (χ3v) is 3.48. The maximum atomic E-state index is 12.8. The molecule has 1 aromatic carbocycles. The van der Waals surface area contributed by atoms with Crippen LogP contribution in [0.25, 0.3) is 5.65 Å². The summed E-state index contributed by atoms with van der Waals surface area (Å²) in [4.78, 5) is 28.2. The number of nitrogens with zero attached hydrogens (tertiary/aromatic N) is 2. The minimum absolute atomic E-state index is 0.134. The van der Waals surface area contributed by atoms with Crippen LogP contribution in [-0.2, 0) is 16.1 Å². The van der Waals surface area contributed by atoms with E-state index in [9.17, 15) is 14.0 Å². The summed E-state index contributed by atoms with van der Waals surface area (Å²) < 4.78 is 24.5. The third-order valence-electron chi connectivity index (χ3n) is 3.48. The zero-order valence-corrected chi connectivity index (χ0v) is 13.4. The van der Waals surface area contributed by atoms with Crippen molar-refractivity contribution in [2.75, 3.05) is 6.61 Å². The topological polar surface area (TPSA) is 69.9 Å². The maximum absolute atomic E-state index is 12.8. The first kappa shape index (κ1) is 16.6. The van der Waals surface area contributed by atoms with Gasteiger partial charge in [-0.3, -0.25) is 9.20 Å². The number of aromatic nitrogens is 2. The summed E-state index contributed by atoms with van der Waals surface area (Å²) >= 11 is 0. The van der Waals surface area contributed by atoms with E-state index in [1.807, 2.05) is 13.0 Å². The Kier molecular flexibility index (Phi) is 4.74. The van der Waals surface area contributed by atoms with Crippen molar-refractivity contribution in [3.8, 4) is 5.75 Å². The lowest BCUT2D eigenvalue weighted by atomic mass is 10.3. The fraction of sp³-hybridized carbons (Fsp3) is 0.167. The van der Waals surface area contributed by atoms with Crippen LogP contribution in [0.5, 0.6) is 5.75 Å². The SMILES string of the molecule is Cc1cccc2nc(COC(=O)COc3ccc(F)cc3)cc(=O)n12.